The maximum absolute atomic E-state index is 11.4. The molecule has 0 rings (SSSR count). The number of aliphatic carboxylic acids is 2. The summed E-state index contributed by atoms with van der Waals surface area (Å²) < 4.78 is 0. The minimum Gasteiger partial charge on any atom is -0.480 e. The number of carboxylic acid groups (broad SMARTS) is 2. The number of carbonyl (C=O) groups excluding carboxylic acids is 1. The van der Waals surface area contributed by atoms with Crippen LogP contribution >= 0.6 is 0 Å². The Hall–Kier alpha value is -2.15. The van der Waals surface area contributed by atoms with E-state index in [1.165, 1.54) is 18.2 Å². The smallest absolute Gasteiger partial charge is 0.330 e. The average Bonchev–Trinajstić information content (AvgIpc) is 2.30. The van der Waals surface area contributed by atoms with E-state index in [1.54, 1.807) is 0 Å². The molecule has 100 valence electrons. The number of hydrogen-bond donors (Lipinski definition) is 4. The predicted molar refractivity (Wildman–Crippen MR) is 63.7 cm³/mol. The molecule has 0 aliphatic rings. The van der Waals surface area contributed by atoms with Crippen LogP contribution in [0.25, 0.3) is 0 Å². The van der Waals surface area contributed by atoms with Gasteiger partial charge in [-0.15, -0.1) is 0 Å². The Morgan fingerprint density at radius 3 is 2.33 bits per heavy atom. The van der Waals surface area contributed by atoms with Crippen molar-refractivity contribution in [1.29, 1.82) is 0 Å². The van der Waals surface area contributed by atoms with E-state index in [2.05, 4.69) is 11.9 Å². The molecule has 0 saturated heterocycles. The summed E-state index contributed by atoms with van der Waals surface area (Å²) in [5, 5.41) is 19.5. The minimum absolute atomic E-state index is 0.0569. The summed E-state index contributed by atoms with van der Waals surface area (Å²) in [6.45, 7) is 3.38. The molecule has 0 aromatic rings. The number of nitrogens with one attached hydrogen (secondary N) is 1. The molecule has 18 heavy (non-hydrogen) atoms. The third-order valence-electron chi connectivity index (χ3n) is 2.02. The summed E-state index contributed by atoms with van der Waals surface area (Å²) in [4.78, 5) is 32.5. The molecule has 2 atom stereocenters. The van der Waals surface area contributed by atoms with Gasteiger partial charge in [0.05, 0.1) is 0 Å². The van der Waals surface area contributed by atoms with Gasteiger partial charge in [-0.3, -0.25) is 9.59 Å². The first-order valence-electron chi connectivity index (χ1n) is 5.18. The number of nitrogens with two attached hydrogens (primary N) is 1. The zero-order valence-electron chi connectivity index (χ0n) is 9.70. The van der Waals surface area contributed by atoms with E-state index in [0.29, 0.717) is 0 Å². The number of carboxylic acids is 2. The normalized spacial score (nSPS) is 13.8. The fraction of sp³-hybridized carbons (Fsp3) is 0.364. The summed E-state index contributed by atoms with van der Waals surface area (Å²) in [5.41, 5.74) is 5.21. The van der Waals surface area contributed by atoms with E-state index < -0.39 is 29.9 Å². The van der Waals surface area contributed by atoms with Crippen LogP contribution in [0.3, 0.4) is 0 Å². The van der Waals surface area contributed by atoms with Crippen LogP contribution in [-0.4, -0.2) is 40.1 Å². The zero-order valence-corrected chi connectivity index (χ0v) is 9.70. The Kier molecular flexibility index (Phi) is 7.06. The van der Waals surface area contributed by atoms with Gasteiger partial charge < -0.3 is 21.3 Å². The maximum atomic E-state index is 11.4. The number of amides is 1. The molecule has 0 aliphatic carbocycles. The van der Waals surface area contributed by atoms with E-state index in [9.17, 15) is 14.4 Å². The van der Waals surface area contributed by atoms with Crippen molar-refractivity contribution in [2.75, 3.05) is 0 Å². The van der Waals surface area contributed by atoms with Crippen LogP contribution in [0.5, 0.6) is 0 Å². The van der Waals surface area contributed by atoms with Crippen LogP contribution in [0.1, 0.15) is 12.8 Å². The Balaban J connectivity index is 4.26. The molecule has 0 aromatic carbocycles. The molecule has 0 fully saturated rings. The first-order valence-corrected chi connectivity index (χ1v) is 5.18. The van der Waals surface area contributed by atoms with Crippen LogP contribution in [0, 0.1) is 0 Å². The van der Waals surface area contributed by atoms with Gasteiger partial charge in [-0.2, -0.15) is 0 Å². The van der Waals surface area contributed by atoms with E-state index in [4.69, 9.17) is 15.9 Å². The second-order valence-electron chi connectivity index (χ2n) is 3.49. The summed E-state index contributed by atoms with van der Waals surface area (Å²) >= 11 is 0. The van der Waals surface area contributed by atoms with Gasteiger partial charge in [0, 0.05) is 6.42 Å². The lowest BCUT2D eigenvalue weighted by molar-refractivity contribution is -0.141. The van der Waals surface area contributed by atoms with Crippen molar-refractivity contribution in [3.8, 4) is 0 Å². The molecular weight excluding hydrogens is 240 g/mol. The molecule has 0 heterocycles. The van der Waals surface area contributed by atoms with Gasteiger partial charge in [-0.1, -0.05) is 24.8 Å². The molecule has 5 N–H and O–H groups in total. The van der Waals surface area contributed by atoms with Crippen molar-refractivity contribution in [3.63, 3.8) is 0 Å². The number of allylic oxidation sites excluding steroid dienone is 2. The zero-order chi connectivity index (χ0) is 14.1. The van der Waals surface area contributed by atoms with Gasteiger partial charge in [0.25, 0.3) is 0 Å². The Morgan fingerprint density at radius 2 is 1.89 bits per heavy atom. The van der Waals surface area contributed by atoms with E-state index in [-0.39, 0.29) is 12.8 Å². The average molecular weight is 256 g/mol. The first kappa shape index (κ1) is 15.9. The Bertz CT molecular complexity index is 364. The highest BCUT2D eigenvalue weighted by molar-refractivity contribution is 5.85. The summed E-state index contributed by atoms with van der Waals surface area (Å²) in [7, 11) is 0. The van der Waals surface area contributed by atoms with Crippen molar-refractivity contribution in [2.45, 2.75) is 24.9 Å². The monoisotopic (exact) mass is 256 g/mol. The molecular formula is C11H16N2O5. The van der Waals surface area contributed by atoms with E-state index >= 15 is 0 Å². The lowest BCUT2D eigenvalue weighted by Gasteiger charge is -2.11. The highest BCUT2D eigenvalue weighted by Gasteiger charge is 2.18. The Labute approximate surface area is 104 Å². The standard InChI is InChI=1S/C11H16N2O5/c1-2-3-4-8(11(17)18)13-9(14)6-5-7(12)10(15)16/h2-4,7-8H,1,5-6,12H2,(H,13,14)(H,15,16)(H,17,18)/b4-3-/t7-,8-/m0/s1. The Morgan fingerprint density at radius 1 is 1.28 bits per heavy atom. The van der Waals surface area contributed by atoms with Gasteiger partial charge >= 0.3 is 11.9 Å². The second-order valence-corrected chi connectivity index (χ2v) is 3.49. The molecule has 0 radical (unpaired) electrons. The fourth-order valence-corrected chi connectivity index (χ4v) is 1.04. The number of rotatable bonds is 8. The van der Waals surface area contributed by atoms with Crippen LogP contribution in [-0.2, 0) is 14.4 Å². The predicted octanol–water partition coefficient (Wildman–Crippen LogP) is -0.510. The first-order chi connectivity index (χ1) is 8.38. The largest absolute Gasteiger partial charge is 0.480 e. The van der Waals surface area contributed by atoms with E-state index in [1.807, 2.05) is 0 Å². The van der Waals surface area contributed by atoms with Gasteiger partial charge in [-0.25, -0.2) is 4.79 Å². The van der Waals surface area contributed by atoms with Crippen LogP contribution in [0.2, 0.25) is 0 Å². The molecule has 0 unspecified atom stereocenters. The van der Waals surface area contributed by atoms with Gasteiger partial charge in [0.2, 0.25) is 5.91 Å². The maximum Gasteiger partial charge on any atom is 0.330 e. The lowest BCUT2D eigenvalue weighted by Crippen LogP contribution is -2.40. The highest BCUT2D eigenvalue weighted by Crippen LogP contribution is 1.97. The molecule has 1 amide bonds. The number of carbonyl (C=O) groups is 3. The summed E-state index contributed by atoms with van der Waals surface area (Å²) in [6, 6.07) is -2.31. The van der Waals surface area contributed by atoms with Gasteiger partial charge in [0.15, 0.2) is 0 Å². The van der Waals surface area contributed by atoms with Crippen molar-refractivity contribution in [2.24, 2.45) is 5.73 Å². The van der Waals surface area contributed by atoms with Crippen LogP contribution in [0.4, 0.5) is 0 Å². The quantitative estimate of drug-likeness (QED) is 0.433. The third kappa shape index (κ3) is 6.44. The van der Waals surface area contributed by atoms with Gasteiger partial charge in [0.1, 0.15) is 12.1 Å². The molecule has 0 bridgehead atoms. The van der Waals surface area contributed by atoms with Gasteiger partial charge in [-0.05, 0) is 6.42 Å². The molecule has 7 nitrogen and oxygen atoms in total. The van der Waals surface area contributed by atoms with Crippen LogP contribution < -0.4 is 11.1 Å². The summed E-state index contributed by atoms with van der Waals surface area (Å²) in [5.74, 6) is -3.00. The van der Waals surface area contributed by atoms with Crippen molar-refractivity contribution in [3.05, 3.63) is 24.8 Å². The topological polar surface area (TPSA) is 130 Å². The summed E-state index contributed by atoms with van der Waals surface area (Å²) in [6.07, 6.45) is 3.81. The molecule has 7 heteroatoms. The SMILES string of the molecule is C=C/C=C\[C@H](NC(=O)CC[C@H](N)C(=O)O)C(=O)O. The fourth-order valence-electron chi connectivity index (χ4n) is 1.04. The lowest BCUT2D eigenvalue weighted by atomic mass is 10.1. The molecule has 0 spiro atoms. The second kappa shape index (κ2) is 8.02. The molecule has 0 saturated carbocycles. The van der Waals surface area contributed by atoms with Crippen molar-refractivity contribution >= 4 is 17.8 Å². The van der Waals surface area contributed by atoms with E-state index in [0.717, 1.165) is 0 Å². The van der Waals surface area contributed by atoms with Crippen molar-refractivity contribution in [1.82, 2.24) is 5.32 Å². The van der Waals surface area contributed by atoms with Crippen molar-refractivity contribution < 1.29 is 24.6 Å². The third-order valence-corrected chi connectivity index (χ3v) is 2.02. The molecule has 0 aromatic heterocycles. The van der Waals surface area contributed by atoms with Crippen LogP contribution in [0.15, 0.2) is 24.8 Å². The molecule has 0 aliphatic heterocycles. The highest BCUT2D eigenvalue weighted by atomic mass is 16.4. The minimum atomic E-state index is -1.22. The number of hydrogen-bond acceptors (Lipinski definition) is 4.